The Bertz CT molecular complexity index is 656. The quantitative estimate of drug-likeness (QED) is 0.360. The molecule has 8 heteroatoms. The molecule has 0 heterocycles. The second-order valence-corrected chi connectivity index (χ2v) is 6.38. The number of nitro benzene ring substituents is 1. The first-order valence-electron chi connectivity index (χ1n) is 7.61. The predicted molar refractivity (Wildman–Crippen MR) is 80.4 cm³/mol. The van der Waals surface area contributed by atoms with E-state index in [9.17, 15) is 19.7 Å². The minimum atomic E-state index is -0.826. The van der Waals surface area contributed by atoms with Crippen LogP contribution in [0.15, 0.2) is 24.3 Å². The van der Waals surface area contributed by atoms with Crippen LogP contribution in [0.3, 0.4) is 0 Å². The smallest absolute Gasteiger partial charge is 0.469 e. The van der Waals surface area contributed by atoms with E-state index in [-0.39, 0.29) is 34.8 Å². The predicted octanol–water partition coefficient (Wildman–Crippen LogP) is 2.84. The zero-order valence-corrected chi connectivity index (χ0v) is 13.1. The highest BCUT2D eigenvalue weighted by atomic mass is 16.7. The van der Waals surface area contributed by atoms with Crippen molar-refractivity contribution in [3.05, 3.63) is 34.4 Å². The molecule has 0 saturated heterocycles. The van der Waals surface area contributed by atoms with Gasteiger partial charge >= 0.3 is 12.1 Å². The summed E-state index contributed by atoms with van der Waals surface area (Å²) in [6.45, 7) is 0. The molecule has 2 saturated carbocycles. The van der Waals surface area contributed by atoms with Gasteiger partial charge < -0.3 is 14.2 Å². The van der Waals surface area contributed by atoms with Crippen LogP contribution in [0, 0.1) is 21.4 Å². The summed E-state index contributed by atoms with van der Waals surface area (Å²) in [4.78, 5) is 33.1. The van der Waals surface area contributed by atoms with E-state index in [1.807, 2.05) is 0 Å². The molecular weight excluding hydrogens is 318 g/mol. The monoisotopic (exact) mass is 335 g/mol. The van der Waals surface area contributed by atoms with Crippen LogP contribution >= 0.6 is 0 Å². The van der Waals surface area contributed by atoms with Gasteiger partial charge in [0.05, 0.1) is 18.0 Å². The van der Waals surface area contributed by atoms with Crippen LogP contribution in [-0.2, 0) is 14.3 Å². The second kappa shape index (κ2) is 6.10. The van der Waals surface area contributed by atoms with E-state index in [2.05, 4.69) is 0 Å². The fourth-order valence-electron chi connectivity index (χ4n) is 3.53. The topological polar surface area (TPSA) is 105 Å². The van der Waals surface area contributed by atoms with Gasteiger partial charge in [-0.25, -0.2) is 4.79 Å². The molecule has 0 N–H and O–H groups in total. The highest BCUT2D eigenvalue weighted by Gasteiger charge is 2.56. The summed E-state index contributed by atoms with van der Waals surface area (Å²) in [5.41, 5.74) is 0.0127. The zero-order chi connectivity index (χ0) is 17.3. The molecule has 2 aliphatic rings. The normalized spacial score (nSPS) is 27.5. The number of ether oxygens (including phenoxy) is 3. The van der Waals surface area contributed by atoms with Gasteiger partial charge in [0.25, 0.3) is 5.69 Å². The highest BCUT2D eigenvalue weighted by Crippen LogP contribution is 2.59. The summed E-state index contributed by atoms with van der Waals surface area (Å²) in [7, 11) is 1.38. The van der Waals surface area contributed by atoms with Crippen molar-refractivity contribution in [2.24, 2.45) is 11.3 Å². The summed E-state index contributed by atoms with van der Waals surface area (Å²) in [6, 6.07) is 5.19. The Kier molecular flexibility index (Phi) is 4.13. The van der Waals surface area contributed by atoms with Crippen LogP contribution in [-0.4, -0.2) is 30.3 Å². The number of esters is 1. The van der Waals surface area contributed by atoms with Crippen molar-refractivity contribution in [3.8, 4) is 5.75 Å². The van der Waals surface area contributed by atoms with Crippen molar-refractivity contribution in [2.45, 2.75) is 31.8 Å². The van der Waals surface area contributed by atoms with Crippen LogP contribution in [0.5, 0.6) is 5.75 Å². The molecule has 0 radical (unpaired) electrons. The van der Waals surface area contributed by atoms with E-state index >= 15 is 0 Å². The van der Waals surface area contributed by atoms with Gasteiger partial charge in [0, 0.05) is 12.1 Å². The summed E-state index contributed by atoms with van der Waals surface area (Å²) in [5.74, 6) is -0.0281. The number of hydrogen-bond donors (Lipinski definition) is 0. The fourth-order valence-corrected chi connectivity index (χ4v) is 3.53. The average Bonchev–Trinajstić information content (AvgIpc) is 2.48. The van der Waals surface area contributed by atoms with E-state index in [0.717, 1.165) is 25.7 Å². The lowest BCUT2D eigenvalue weighted by Gasteiger charge is -2.55. The third-order valence-corrected chi connectivity index (χ3v) is 4.73. The molecule has 0 aliphatic heterocycles. The Hall–Kier alpha value is -2.64. The van der Waals surface area contributed by atoms with Gasteiger partial charge in [0.1, 0.15) is 11.9 Å². The van der Waals surface area contributed by atoms with Gasteiger partial charge in [-0.15, -0.1) is 0 Å². The van der Waals surface area contributed by atoms with Gasteiger partial charge in [-0.1, -0.05) is 0 Å². The van der Waals surface area contributed by atoms with E-state index in [1.54, 1.807) is 0 Å². The Morgan fingerprint density at radius 1 is 1.17 bits per heavy atom. The lowest BCUT2D eigenvalue weighted by molar-refractivity contribution is -0.384. The molecule has 0 unspecified atom stereocenters. The largest absolute Gasteiger partial charge is 0.514 e. The van der Waals surface area contributed by atoms with E-state index in [1.165, 1.54) is 31.4 Å². The third-order valence-electron chi connectivity index (χ3n) is 4.73. The van der Waals surface area contributed by atoms with Crippen molar-refractivity contribution in [1.29, 1.82) is 0 Å². The molecule has 1 spiro atoms. The maximum atomic E-state index is 11.7. The van der Waals surface area contributed by atoms with Crippen LogP contribution in [0.2, 0.25) is 0 Å². The molecule has 128 valence electrons. The minimum Gasteiger partial charge on any atom is -0.469 e. The van der Waals surface area contributed by atoms with Crippen molar-refractivity contribution >= 4 is 17.8 Å². The Morgan fingerprint density at radius 3 is 2.33 bits per heavy atom. The molecular formula is C16H17NO7. The molecule has 1 aromatic carbocycles. The van der Waals surface area contributed by atoms with Gasteiger partial charge in [-0.3, -0.25) is 14.9 Å². The van der Waals surface area contributed by atoms with Gasteiger partial charge in [0.2, 0.25) is 0 Å². The third kappa shape index (κ3) is 3.17. The fraction of sp³-hybridized carbons (Fsp3) is 0.500. The average molecular weight is 335 g/mol. The Morgan fingerprint density at radius 2 is 1.79 bits per heavy atom. The number of rotatable bonds is 4. The minimum absolute atomic E-state index is 0.0389. The van der Waals surface area contributed by atoms with Crippen molar-refractivity contribution in [3.63, 3.8) is 0 Å². The maximum absolute atomic E-state index is 11.7. The molecule has 0 amide bonds. The number of carbonyl (C=O) groups is 2. The van der Waals surface area contributed by atoms with Gasteiger partial charge in [-0.05, 0) is 43.2 Å². The standard InChI is InChI=1S/C16H17NO7/c1-22-14(18)10-6-16(7-10)8-13(9-16)24-15(19)23-12-4-2-11(3-5-12)17(20)21/h2-5,10,13H,6-9H2,1H3. The molecule has 0 atom stereocenters. The Balaban J connectivity index is 1.41. The second-order valence-electron chi connectivity index (χ2n) is 6.38. The van der Waals surface area contributed by atoms with E-state index < -0.39 is 11.1 Å². The van der Waals surface area contributed by atoms with E-state index in [4.69, 9.17) is 14.2 Å². The molecule has 8 nitrogen and oxygen atoms in total. The van der Waals surface area contributed by atoms with Crippen LogP contribution in [0.4, 0.5) is 10.5 Å². The summed E-state index contributed by atoms with van der Waals surface area (Å²) in [6.07, 6.45) is 1.95. The zero-order valence-electron chi connectivity index (χ0n) is 13.1. The number of benzene rings is 1. The first-order chi connectivity index (χ1) is 11.4. The van der Waals surface area contributed by atoms with Crippen molar-refractivity contribution in [2.75, 3.05) is 7.11 Å². The van der Waals surface area contributed by atoms with Crippen molar-refractivity contribution < 1.29 is 28.7 Å². The highest BCUT2D eigenvalue weighted by molar-refractivity contribution is 5.73. The van der Waals surface area contributed by atoms with Crippen LogP contribution in [0.25, 0.3) is 0 Å². The van der Waals surface area contributed by atoms with Crippen molar-refractivity contribution in [1.82, 2.24) is 0 Å². The number of non-ortho nitro benzene ring substituents is 1. The summed E-state index contributed by atoms with van der Waals surface area (Å²) < 4.78 is 14.9. The molecule has 0 aromatic heterocycles. The van der Waals surface area contributed by atoms with Gasteiger partial charge in [-0.2, -0.15) is 0 Å². The molecule has 2 fully saturated rings. The first-order valence-corrected chi connectivity index (χ1v) is 7.61. The van der Waals surface area contributed by atoms with Gasteiger partial charge in [0.15, 0.2) is 0 Å². The van der Waals surface area contributed by atoms with E-state index in [0.29, 0.717) is 0 Å². The number of nitro groups is 1. The number of nitrogens with zero attached hydrogens (tertiary/aromatic N) is 1. The lowest BCUT2D eigenvalue weighted by Crippen LogP contribution is -2.53. The molecule has 1 aromatic rings. The number of methoxy groups -OCH3 is 1. The molecule has 24 heavy (non-hydrogen) atoms. The molecule has 2 aliphatic carbocycles. The number of carbonyl (C=O) groups excluding carboxylic acids is 2. The molecule has 0 bridgehead atoms. The van der Waals surface area contributed by atoms with Crippen LogP contribution < -0.4 is 4.74 Å². The summed E-state index contributed by atoms with van der Waals surface area (Å²) >= 11 is 0. The lowest BCUT2D eigenvalue weighted by atomic mass is 9.50. The SMILES string of the molecule is COC(=O)C1CC2(CC(OC(=O)Oc3ccc([N+](=O)[O-])cc3)C2)C1. The maximum Gasteiger partial charge on any atom is 0.514 e. The number of hydrogen-bond acceptors (Lipinski definition) is 7. The summed E-state index contributed by atoms with van der Waals surface area (Å²) in [5, 5.41) is 10.5. The van der Waals surface area contributed by atoms with Crippen LogP contribution in [0.1, 0.15) is 25.7 Å². The Labute approximate surface area is 137 Å². The first kappa shape index (κ1) is 16.2. The molecule has 3 rings (SSSR count).